The summed E-state index contributed by atoms with van der Waals surface area (Å²) >= 11 is 0. The van der Waals surface area contributed by atoms with Gasteiger partial charge in [0.15, 0.2) is 11.7 Å². The van der Waals surface area contributed by atoms with Gasteiger partial charge in [0.25, 0.3) is 0 Å². The second kappa shape index (κ2) is 18.7. The first-order chi connectivity index (χ1) is 32.9. The Morgan fingerprint density at radius 1 is 0.588 bits per heavy atom. The molecule has 0 aliphatic heterocycles. The van der Waals surface area contributed by atoms with Gasteiger partial charge in [-0.25, -0.2) is 20.0 Å². The number of hydrogen-bond donors (Lipinski definition) is 0. The summed E-state index contributed by atoms with van der Waals surface area (Å²) in [5.41, 5.74) is 2.52. The Hall–Kier alpha value is -8.08. The van der Waals surface area contributed by atoms with Crippen LogP contribution in [0.1, 0.15) is 29.2 Å². The van der Waals surface area contributed by atoms with Crippen molar-refractivity contribution in [1.82, 2.24) is 14.5 Å². The lowest BCUT2D eigenvalue weighted by Gasteiger charge is -2.24. The van der Waals surface area contributed by atoms with Gasteiger partial charge in [0.1, 0.15) is 6.34 Å². The molecule has 0 fully saturated rings. The zero-order chi connectivity index (χ0) is 47.6. The minimum Gasteiger partial charge on any atom is -0.308 e. The first-order valence-corrected chi connectivity index (χ1v) is 22.2. The normalized spacial score (nSPS) is 12.7. The Morgan fingerprint density at radius 2 is 1.16 bits per heavy atom. The minimum absolute atomic E-state index is 0.00323. The highest BCUT2D eigenvalue weighted by molar-refractivity contribution is 7.45. The summed E-state index contributed by atoms with van der Waals surface area (Å²) in [6, 6.07) is 46.4. The summed E-state index contributed by atoms with van der Waals surface area (Å²) in [6.45, 7) is 5.34. The van der Waals surface area contributed by atoms with Gasteiger partial charge in [-0.1, -0.05) is 142 Å². The van der Waals surface area contributed by atoms with Crippen LogP contribution in [0, 0.1) is 0 Å². The smallest absolute Gasteiger partial charge is 0.308 e. The Bertz CT molecular complexity index is 3400. The maximum atomic E-state index is 15.3. The molecule has 0 unspecified atom stereocenters. The predicted octanol–water partition coefficient (Wildman–Crippen LogP) is 14.8. The van der Waals surface area contributed by atoms with E-state index in [-0.39, 0.29) is 39.3 Å². The van der Waals surface area contributed by atoms with Gasteiger partial charge in [-0.05, 0) is 73.3 Å². The van der Waals surface area contributed by atoms with Crippen molar-refractivity contribution in [1.29, 1.82) is 0 Å². The van der Waals surface area contributed by atoms with Crippen LogP contribution in [0.5, 0.6) is 0 Å². The van der Waals surface area contributed by atoms with Crippen LogP contribution in [0.4, 0.5) is 26.3 Å². The van der Waals surface area contributed by atoms with Gasteiger partial charge in [0.2, 0.25) is 0 Å². The van der Waals surface area contributed by atoms with Crippen molar-refractivity contribution >= 4 is 66.3 Å². The number of hydrogen-bond acceptors (Lipinski definition) is 3. The highest BCUT2D eigenvalue weighted by Gasteiger charge is 2.37. The molecule has 13 heteroatoms. The molecule has 68 heavy (non-hydrogen) atoms. The van der Waals surface area contributed by atoms with Crippen molar-refractivity contribution < 1.29 is 26.3 Å². The fraction of sp³-hybridized carbons (Fsp3) is 0.0545. The van der Waals surface area contributed by atoms with Crippen molar-refractivity contribution in [3.8, 4) is 50.6 Å². The quantitative estimate of drug-likeness (QED) is 0.0593. The summed E-state index contributed by atoms with van der Waals surface area (Å²) in [7, 11) is 0.517. The highest BCUT2D eigenvalue weighted by Crippen LogP contribution is 2.49. The number of fused-ring (bicyclic) bond motifs is 3. The first kappa shape index (κ1) is 45.1. The van der Waals surface area contributed by atoms with Gasteiger partial charge in [0, 0.05) is 44.2 Å². The summed E-state index contributed by atoms with van der Waals surface area (Å²) in [6.07, 6.45) is -2.59. The van der Waals surface area contributed by atoms with Gasteiger partial charge in [0.05, 0.1) is 44.7 Å². The number of rotatable bonds is 10. The molecule has 0 N–H and O–H groups in total. The van der Waals surface area contributed by atoms with Crippen LogP contribution in [0.3, 0.4) is 0 Å². The molecule has 0 radical (unpaired) electrons. The number of para-hydroxylation sites is 1. The number of aromatic nitrogens is 3. The fourth-order valence-corrected chi connectivity index (χ4v) is 8.76. The van der Waals surface area contributed by atoms with Crippen molar-refractivity contribution in [3.63, 3.8) is 0 Å². The van der Waals surface area contributed by atoms with Crippen molar-refractivity contribution in [2.75, 3.05) is 0 Å². The monoisotopic (exact) mass is 926 g/mol. The molecule has 0 atom stereocenters. The third-order valence-electron chi connectivity index (χ3n) is 11.3. The van der Waals surface area contributed by atoms with Gasteiger partial charge in [-0.15, -0.1) is 0 Å². The zero-order valence-electron chi connectivity index (χ0n) is 36.1. The Labute approximate surface area is 388 Å². The van der Waals surface area contributed by atoms with Crippen LogP contribution >= 0.6 is 8.20 Å². The molecule has 2 aromatic heterocycles. The molecule has 7 aromatic carbocycles. The number of amidine groups is 1. The Balaban J connectivity index is 1.41. The van der Waals surface area contributed by atoms with Gasteiger partial charge < -0.3 is 4.57 Å². The third kappa shape index (κ3) is 8.81. The maximum Gasteiger partial charge on any atom is 0.417 e. The van der Waals surface area contributed by atoms with Crippen LogP contribution < -0.4 is 5.44 Å². The third-order valence-corrected chi connectivity index (χ3v) is 11.9. The number of benzene rings is 7. The van der Waals surface area contributed by atoms with Gasteiger partial charge in [-0.2, -0.15) is 26.3 Å². The Kier molecular flexibility index (Phi) is 12.4. The second-order valence-electron chi connectivity index (χ2n) is 15.5. The van der Waals surface area contributed by atoms with E-state index in [0.717, 1.165) is 23.3 Å². The standard InChI is InChI=1S/C55H37F6N6P/c1-4-46(64-52(63-33-62-2)35-19-9-6-10-20-35)36-27-28-49-41(29-36)40-23-13-16-26-48(40)67(49)51-42(38-21-11-14-24-44(38)54(56,57)58)30-37(31-43(51)39-22-12-15-25-45(39)55(59,60)61)53-65-47(32-50(66-53)68-3)34-17-7-5-8-18-34/h4-33H,2-3H2,1H3/b46-4+,63-33?,64-52?. The molecule has 9 rings (SSSR count). The van der Waals surface area contributed by atoms with E-state index in [2.05, 4.69) is 23.0 Å². The molecule has 6 nitrogen and oxygen atoms in total. The summed E-state index contributed by atoms with van der Waals surface area (Å²) < 4.78 is 93.7. The molecule has 0 amide bonds. The predicted molar refractivity (Wildman–Crippen MR) is 266 cm³/mol. The summed E-state index contributed by atoms with van der Waals surface area (Å²) in [4.78, 5) is 22.8. The first-order valence-electron chi connectivity index (χ1n) is 21.1. The number of aliphatic imine (C=N–C) groups is 3. The molecule has 0 aliphatic rings. The van der Waals surface area contributed by atoms with Crippen LogP contribution in [-0.4, -0.2) is 39.7 Å². The fourth-order valence-electron chi connectivity index (χ4n) is 8.38. The number of nitrogens with zero attached hydrogens (tertiary/aromatic N) is 6. The molecule has 0 aliphatic carbocycles. The van der Waals surface area contributed by atoms with Crippen LogP contribution in [0.15, 0.2) is 191 Å². The lowest BCUT2D eigenvalue weighted by molar-refractivity contribution is -0.137. The largest absolute Gasteiger partial charge is 0.417 e. The number of halogens is 6. The van der Waals surface area contributed by atoms with E-state index < -0.39 is 23.5 Å². The summed E-state index contributed by atoms with van der Waals surface area (Å²) in [5, 5.41) is 1.35. The molecule has 334 valence electrons. The SMILES string of the molecule is C=NC=NC(=N/C(=C/C)c1ccc2c(c1)c1ccccc1n2-c1c(-c2ccccc2C(F)(F)F)cc(-c2nc(P=C)cc(-c3ccccc3)n2)cc1-c1ccccc1C(F)(F)F)c1ccccc1. The molecule has 0 bridgehead atoms. The molecular weight excluding hydrogens is 890 g/mol. The van der Waals surface area contributed by atoms with E-state index in [9.17, 15) is 0 Å². The average Bonchev–Trinajstić information content (AvgIpc) is 3.69. The second-order valence-corrected chi connectivity index (χ2v) is 16.2. The molecule has 0 saturated heterocycles. The van der Waals surface area contributed by atoms with E-state index >= 15 is 26.3 Å². The van der Waals surface area contributed by atoms with Gasteiger partial charge >= 0.3 is 12.4 Å². The lowest BCUT2D eigenvalue weighted by Crippen LogP contribution is -2.11. The lowest BCUT2D eigenvalue weighted by atomic mass is 9.88. The van der Waals surface area contributed by atoms with Crippen LogP contribution in [0.25, 0.3) is 78.1 Å². The van der Waals surface area contributed by atoms with Gasteiger partial charge in [-0.3, -0.25) is 4.99 Å². The highest BCUT2D eigenvalue weighted by atomic mass is 31.1. The molecular formula is C55H37F6N6P. The topological polar surface area (TPSA) is 67.8 Å². The minimum atomic E-state index is -4.86. The number of allylic oxidation sites excluding steroid dienone is 1. The molecule has 9 aromatic rings. The van der Waals surface area contributed by atoms with E-state index in [1.165, 1.54) is 42.7 Å². The maximum absolute atomic E-state index is 15.3. The van der Waals surface area contributed by atoms with E-state index in [1.807, 2.05) is 97.9 Å². The Morgan fingerprint density at radius 3 is 1.76 bits per heavy atom. The molecule has 0 spiro atoms. The average molecular weight is 927 g/mol. The van der Waals surface area contributed by atoms with E-state index in [1.54, 1.807) is 41.0 Å². The zero-order valence-corrected chi connectivity index (χ0v) is 37.0. The molecule has 2 heterocycles. The summed E-state index contributed by atoms with van der Waals surface area (Å²) in [5.74, 6) is 0.463. The van der Waals surface area contributed by atoms with E-state index in [0.29, 0.717) is 58.2 Å². The van der Waals surface area contributed by atoms with Crippen molar-refractivity contribution in [3.05, 3.63) is 198 Å². The van der Waals surface area contributed by atoms with Crippen LogP contribution in [0.2, 0.25) is 0 Å². The molecule has 0 saturated carbocycles. The van der Waals surface area contributed by atoms with Crippen molar-refractivity contribution in [2.24, 2.45) is 15.0 Å². The number of alkyl halides is 6. The van der Waals surface area contributed by atoms with Crippen LogP contribution in [-0.2, 0) is 12.4 Å². The van der Waals surface area contributed by atoms with Crippen molar-refractivity contribution in [2.45, 2.75) is 19.3 Å². The van der Waals surface area contributed by atoms with E-state index in [4.69, 9.17) is 15.0 Å².